The predicted molar refractivity (Wildman–Crippen MR) is 62.2 cm³/mol. The smallest absolute Gasteiger partial charge is 0.208 e. The van der Waals surface area contributed by atoms with Crippen LogP contribution in [0.2, 0.25) is 0 Å². The number of hydrogen-bond acceptors (Lipinski definition) is 3. The second-order valence-corrected chi connectivity index (χ2v) is 5.05. The van der Waals surface area contributed by atoms with E-state index in [4.69, 9.17) is 5.73 Å². The largest absolute Gasteiger partial charge is 0.370 e. The van der Waals surface area contributed by atoms with Gasteiger partial charge in [-0.2, -0.15) is 0 Å². The molecule has 0 bridgehead atoms. The van der Waals surface area contributed by atoms with Crippen molar-refractivity contribution in [2.75, 3.05) is 25.9 Å². The van der Waals surface area contributed by atoms with Gasteiger partial charge in [0.05, 0.1) is 6.26 Å². The SMILES string of the molecule is CCCN=C(N)NCCCNS(C)(=O)=O. The number of hydrogen-bond donors (Lipinski definition) is 3. The average Bonchev–Trinajstić information content (AvgIpc) is 2.12. The van der Waals surface area contributed by atoms with Gasteiger partial charge in [-0.05, 0) is 12.8 Å². The van der Waals surface area contributed by atoms with Gasteiger partial charge in [-0.15, -0.1) is 0 Å². The van der Waals surface area contributed by atoms with E-state index in [0.29, 0.717) is 32.0 Å². The summed E-state index contributed by atoms with van der Waals surface area (Å²) in [4.78, 5) is 4.03. The van der Waals surface area contributed by atoms with Gasteiger partial charge in [0.25, 0.3) is 0 Å². The fourth-order valence-electron chi connectivity index (χ4n) is 0.851. The van der Waals surface area contributed by atoms with Gasteiger partial charge < -0.3 is 11.1 Å². The van der Waals surface area contributed by atoms with Crippen molar-refractivity contribution in [3.63, 3.8) is 0 Å². The molecule has 7 heteroatoms. The van der Waals surface area contributed by atoms with Gasteiger partial charge in [-0.25, -0.2) is 13.1 Å². The summed E-state index contributed by atoms with van der Waals surface area (Å²) in [6.45, 7) is 3.75. The molecule has 0 amide bonds. The summed E-state index contributed by atoms with van der Waals surface area (Å²) in [6, 6.07) is 0. The molecule has 0 unspecified atom stereocenters. The zero-order valence-electron chi connectivity index (χ0n) is 9.28. The van der Waals surface area contributed by atoms with E-state index in [9.17, 15) is 8.42 Å². The lowest BCUT2D eigenvalue weighted by Crippen LogP contribution is -2.34. The Bertz CT molecular complexity index is 287. The molecule has 6 nitrogen and oxygen atoms in total. The van der Waals surface area contributed by atoms with E-state index in [-0.39, 0.29) is 0 Å². The zero-order valence-corrected chi connectivity index (χ0v) is 10.1. The van der Waals surface area contributed by atoms with Crippen LogP contribution in [0.5, 0.6) is 0 Å². The van der Waals surface area contributed by atoms with E-state index in [1.165, 1.54) is 0 Å². The van der Waals surface area contributed by atoms with E-state index < -0.39 is 10.0 Å². The van der Waals surface area contributed by atoms with Crippen LogP contribution >= 0.6 is 0 Å². The quantitative estimate of drug-likeness (QED) is 0.307. The van der Waals surface area contributed by atoms with Crippen LogP contribution in [0.15, 0.2) is 4.99 Å². The van der Waals surface area contributed by atoms with Gasteiger partial charge >= 0.3 is 0 Å². The standard InChI is InChI=1S/C8H20N4O2S/c1-3-5-10-8(9)11-6-4-7-12-15(2,13)14/h12H,3-7H2,1-2H3,(H3,9,10,11). The highest BCUT2D eigenvalue weighted by molar-refractivity contribution is 7.88. The molecule has 0 fully saturated rings. The van der Waals surface area contributed by atoms with Gasteiger partial charge in [0.15, 0.2) is 5.96 Å². The van der Waals surface area contributed by atoms with Gasteiger partial charge in [0, 0.05) is 19.6 Å². The van der Waals surface area contributed by atoms with Crippen LogP contribution in [0.1, 0.15) is 19.8 Å². The third-order valence-corrected chi connectivity index (χ3v) is 2.26. The first kappa shape index (κ1) is 14.2. The molecule has 0 aliphatic carbocycles. The second-order valence-electron chi connectivity index (χ2n) is 3.21. The van der Waals surface area contributed by atoms with Gasteiger partial charge in [-0.3, -0.25) is 4.99 Å². The molecule has 0 spiro atoms. The van der Waals surface area contributed by atoms with Crippen molar-refractivity contribution in [1.29, 1.82) is 0 Å². The van der Waals surface area contributed by atoms with Crippen molar-refractivity contribution in [1.82, 2.24) is 10.0 Å². The third kappa shape index (κ3) is 11.1. The Morgan fingerprint density at radius 3 is 2.60 bits per heavy atom. The summed E-state index contributed by atoms with van der Waals surface area (Å²) in [5.41, 5.74) is 5.53. The van der Waals surface area contributed by atoms with Crippen molar-refractivity contribution in [2.45, 2.75) is 19.8 Å². The summed E-state index contributed by atoms with van der Waals surface area (Å²) in [7, 11) is -3.08. The molecule has 0 aliphatic rings. The molecule has 0 aromatic carbocycles. The lowest BCUT2D eigenvalue weighted by atomic mass is 10.4. The van der Waals surface area contributed by atoms with E-state index in [1.54, 1.807) is 0 Å². The van der Waals surface area contributed by atoms with Crippen LogP contribution in [0.25, 0.3) is 0 Å². The highest BCUT2D eigenvalue weighted by atomic mass is 32.2. The molecular weight excluding hydrogens is 216 g/mol. The summed E-state index contributed by atoms with van der Waals surface area (Å²) in [6.07, 6.45) is 2.77. The van der Waals surface area contributed by atoms with Crippen LogP contribution in [0.4, 0.5) is 0 Å². The number of rotatable bonds is 7. The average molecular weight is 236 g/mol. The van der Waals surface area contributed by atoms with Crippen LogP contribution in [-0.2, 0) is 10.0 Å². The number of guanidine groups is 1. The highest BCUT2D eigenvalue weighted by Gasteiger charge is 1.98. The molecule has 0 rings (SSSR count). The van der Waals surface area contributed by atoms with Gasteiger partial charge in [-0.1, -0.05) is 6.92 Å². The minimum Gasteiger partial charge on any atom is -0.370 e. The molecule has 0 atom stereocenters. The second kappa shape index (κ2) is 7.47. The van der Waals surface area contributed by atoms with Crippen molar-refractivity contribution >= 4 is 16.0 Å². The Kier molecular flexibility index (Phi) is 7.06. The fourth-order valence-corrected chi connectivity index (χ4v) is 1.37. The maximum atomic E-state index is 10.7. The Morgan fingerprint density at radius 1 is 1.40 bits per heavy atom. The molecule has 0 saturated heterocycles. The Labute approximate surface area is 91.4 Å². The monoisotopic (exact) mass is 236 g/mol. The molecule has 90 valence electrons. The normalized spacial score (nSPS) is 12.8. The number of aliphatic imine (C=N–C) groups is 1. The van der Waals surface area contributed by atoms with Crippen LogP contribution in [0.3, 0.4) is 0 Å². The highest BCUT2D eigenvalue weighted by Crippen LogP contribution is 1.79. The van der Waals surface area contributed by atoms with Crippen LogP contribution in [0, 0.1) is 0 Å². The zero-order chi connectivity index (χ0) is 11.7. The van der Waals surface area contributed by atoms with Crippen molar-refractivity contribution in [3.8, 4) is 0 Å². The first-order chi connectivity index (χ1) is 6.95. The van der Waals surface area contributed by atoms with Crippen molar-refractivity contribution in [2.24, 2.45) is 10.7 Å². The predicted octanol–water partition coefficient (Wildman–Crippen LogP) is -0.760. The maximum absolute atomic E-state index is 10.7. The summed E-state index contributed by atoms with van der Waals surface area (Å²) in [5.74, 6) is 0.413. The Morgan fingerprint density at radius 2 is 2.07 bits per heavy atom. The van der Waals surface area contributed by atoms with E-state index in [0.717, 1.165) is 12.7 Å². The van der Waals surface area contributed by atoms with Crippen LogP contribution < -0.4 is 15.8 Å². The molecular formula is C8H20N4O2S. The topological polar surface area (TPSA) is 96.6 Å². The lowest BCUT2D eigenvalue weighted by Gasteiger charge is -2.05. The fraction of sp³-hybridized carbons (Fsp3) is 0.875. The number of nitrogens with two attached hydrogens (primary N) is 1. The summed E-state index contributed by atoms with van der Waals surface area (Å²) in [5, 5.41) is 2.90. The van der Waals surface area contributed by atoms with Crippen molar-refractivity contribution < 1.29 is 8.42 Å². The first-order valence-electron chi connectivity index (χ1n) is 4.94. The van der Waals surface area contributed by atoms with Gasteiger partial charge in [0.2, 0.25) is 10.0 Å². The molecule has 0 radical (unpaired) electrons. The Balaban J connectivity index is 3.47. The first-order valence-corrected chi connectivity index (χ1v) is 6.83. The molecule has 0 aliphatic heterocycles. The summed E-state index contributed by atoms with van der Waals surface area (Å²) >= 11 is 0. The number of nitrogens with one attached hydrogen (secondary N) is 2. The lowest BCUT2D eigenvalue weighted by molar-refractivity contribution is 0.584. The number of sulfonamides is 1. The Hall–Kier alpha value is -0.820. The maximum Gasteiger partial charge on any atom is 0.208 e. The van der Waals surface area contributed by atoms with Crippen molar-refractivity contribution in [3.05, 3.63) is 0 Å². The van der Waals surface area contributed by atoms with Crippen LogP contribution in [-0.4, -0.2) is 40.3 Å². The van der Waals surface area contributed by atoms with E-state index in [1.807, 2.05) is 6.92 Å². The minimum absolute atomic E-state index is 0.410. The van der Waals surface area contributed by atoms with E-state index >= 15 is 0 Å². The summed E-state index contributed by atoms with van der Waals surface area (Å²) < 4.78 is 23.8. The van der Waals surface area contributed by atoms with Gasteiger partial charge in [0.1, 0.15) is 0 Å². The molecule has 0 aromatic rings. The number of nitrogens with zero attached hydrogens (tertiary/aromatic N) is 1. The molecule has 0 heterocycles. The third-order valence-electron chi connectivity index (χ3n) is 1.53. The van der Waals surface area contributed by atoms with E-state index in [2.05, 4.69) is 15.0 Å². The molecule has 4 N–H and O–H groups in total. The molecule has 15 heavy (non-hydrogen) atoms. The molecule has 0 saturated carbocycles. The molecule has 0 aromatic heterocycles. The minimum atomic E-state index is -3.08.